The molecule has 0 aromatic heterocycles. The van der Waals surface area contributed by atoms with Gasteiger partial charge in [-0.3, -0.25) is 0 Å². The van der Waals surface area contributed by atoms with Crippen molar-refractivity contribution in [3.05, 3.63) is 0 Å². The average Bonchev–Trinajstić information content (AvgIpc) is 2.12. The molecule has 4 heteroatoms. The van der Waals surface area contributed by atoms with E-state index < -0.39 is 0 Å². The van der Waals surface area contributed by atoms with Crippen LogP contribution in [0.4, 0.5) is 0 Å². The van der Waals surface area contributed by atoms with Gasteiger partial charge in [-0.2, -0.15) is 0 Å². The molecule has 86 valence electrons. The summed E-state index contributed by atoms with van der Waals surface area (Å²) in [5.74, 6) is 0.689. The molecule has 0 aromatic carbocycles. The van der Waals surface area contributed by atoms with Crippen LogP contribution in [-0.4, -0.2) is 57.7 Å². The maximum Gasteiger partial charge on any atom is 0.0616 e. The Balaban J connectivity index is 3.40. The second-order valence-corrected chi connectivity index (χ2v) is 4.12. The van der Waals surface area contributed by atoms with Crippen LogP contribution in [0.1, 0.15) is 12.8 Å². The van der Waals surface area contributed by atoms with Crippen molar-refractivity contribution in [3.63, 3.8) is 0 Å². The third-order valence-corrected chi connectivity index (χ3v) is 2.26. The van der Waals surface area contributed by atoms with E-state index >= 15 is 0 Å². The van der Waals surface area contributed by atoms with Crippen LogP contribution < -0.4 is 5.32 Å². The smallest absolute Gasteiger partial charge is 0.0616 e. The van der Waals surface area contributed by atoms with E-state index in [2.05, 4.69) is 24.3 Å². The third-order valence-electron chi connectivity index (χ3n) is 2.04. The fourth-order valence-corrected chi connectivity index (χ4v) is 1.54. The number of alkyl halides is 1. The molecule has 0 bridgehead atoms. The van der Waals surface area contributed by atoms with E-state index in [-0.39, 0.29) is 0 Å². The number of ether oxygens (including phenoxy) is 1. The van der Waals surface area contributed by atoms with Gasteiger partial charge in [0.2, 0.25) is 0 Å². The van der Waals surface area contributed by atoms with Crippen LogP contribution in [0.3, 0.4) is 0 Å². The summed E-state index contributed by atoms with van der Waals surface area (Å²) in [5.41, 5.74) is 0. The van der Waals surface area contributed by atoms with Gasteiger partial charge in [0, 0.05) is 19.0 Å². The fourth-order valence-electron chi connectivity index (χ4n) is 1.28. The molecule has 0 radical (unpaired) electrons. The number of nitrogens with one attached hydrogen (secondary N) is 1. The summed E-state index contributed by atoms with van der Waals surface area (Å²) in [4.78, 5) is 2.19. The quantitative estimate of drug-likeness (QED) is 0.468. The summed E-state index contributed by atoms with van der Waals surface area (Å²) in [6.07, 6.45) is 2.13. The third kappa shape index (κ3) is 8.75. The van der Waals surface area contributed by atoms with Crippen LogP contribution in [0.5, 0.6) is 0 Å². The molecule has 14 heavy (non-hydrogen) atoms. The lowest BCUT2D eigenvalue weighted by Crippen LogP contribution is -2.35. The van der Waals surface area contributed by atoms with Crippen molar-refractivity contribution in [2.24, 2.45) is 0 Å². The lowest BCUT2D eigenvalue weighted by Gasteiger charge is -2.17. The Morgan fingerprint density at radius 2 is 2.14 bits per heavy atom. The van der Waals surface area contributed by atoms with Gasteiger partial charge >= 0.3 is 0 Å². The summed E-state index contributed by atoms with van der Waals surface area (Å²) < 4.78 is 5.10. The highest BCUT2D eigenvalue weighted by atomic mass is 35.5. The van der Waals surface area contributed by atoms with Crippen LogP contribution in [0, 0.1) is 0 Å². The van der Waals surface area contributed by atoms with Crippen molar-refractivity contribution in [1.29, 1.82) is 0 Å². The van der Waals surface area contributed by atoms with Crippen molar-refractivity contribution in [3.8, 4) is 0 Å². The summed E-state index contributed by atoms with van der Waals surface area (Å²) in [5, 5.41) is 3.44. The summed E-state index contributed by atoms with van der Waals surface area (Å²) >= 11 is 5.69. The van der Waals surface area contributed by atoms with Gasteiger partial charge in [0.05, 0.1) is 6.61 Å². The fraction of sp³-hybridized carbons (Fsp3) is 1.00. The van der Waals surface area contributed by atoms with Gasteiger partial charge in [-0.15, -0.1) is 11.6 Å². The highest BCUT2D eigenvalue weighted by molar-refractivity contribution is 6.17. The molecule has 0 aromatic rings. The van der Waals surface area contributed by atoms with E-state index in [4.69, 9.17) is 16.3 Å². The Morgan fingerprint density at radius 1 is 1.43 bits per heavy atom. The Morgan fingerprint density at radius 3 is 2.64 bits per heavy atom. The summed E-state index contributed by atoms with van der Waals surface area (Å²) in [6.45, 7) is 2.89. The minimum atomic E-state index is 0.402. The lowest BCUT2D eigenvalue weighted by atomic mass is 10.2. The first-order valence-electron chi connectivity index (χ1n) is 5.13. The molecule has 0 amide bonds. The molecule has 3 nitrogen and oxygen atoms in total. The second kappa shape index (κ2) is 9.71. The largest absolute Gasteiger partial charge is 0.383 e. The van der Waals surface area contributed by atoms with Crippen molar-refractivity contribution in [2.75, 3.05) is 46.8 Å². The van der Waals surface area contributed by atoms with Gasteiger partial charge in [0.15, 0.2) is 0 Å². The first kappa shape index (κ1) is 14.2. The summed E-state index contributed by atoms with van der Waals surface area (Å²) in [6, 6.07) is 0.402. The highest BCUT2D eigenvalue weighted by Crippen LogP contribution is 1.95. The van der Waals surface area contributed by atoms with Crippen LogP contribution >= 0.6 is 11.6 Å². The minimum absolute atomic E-state index is 0.402. The highest BCUT2D eigenvalue weighted by Gasteiger charge is 2.05. The van der Waals surface area contributed by atoms with Crippen LogP contribution in [0.15, 0.2) is 0 Å². The number of halogens is 1. The molecule has 0 rings (SSSR count). The summed E-state index contributed by atoms with van der Waals surface area (Å²) in [7, 11) is 5.90. The second-order valence-electron chi connectivity index (χ2n) is 3.74. The van der Waals surface area contributed by atoms with E-state index in [1.165, 1.54) is 0 Å². The normalized spacial score (nSPS) is 13.5. The number of methoxy groups -OCH3 is 1. The zero-order chi connectivity index (χ0) is 10.8. The minimum Gasteiger partial charge on any atom is -0.383 e. The van der Waals surface area contributed by atoms with Gasteiger partial charge in [0.1, 0.15) is 0 Å². The molecule has 0 saturated carbocycles. The van der Waals surface area contributed by atoms with E-state index in [1.54, 1.807) is 7.11 Å². The van der Waals surface area contributed by atoms with Crippen LogP contribution in [0.2, 0.25) is 0 Å². The number of rotatable bonds is 9. The Labute approximate surface area is 92.8 Å². The van der Waals surface area contributed by atoms with Crippen molar-refractivity contribution in [1.82, 2.24) is 10.2 Å². The zero-order valence-corrected chi connectivity index (χ0v) is 10.3. The van der Waals surface area contributed by atoms with E-state index in [9.17, 15) is 0 Å². The number of hydrogen-bond acceptors (Lipinski definition) is 3. The maximum atomic E-state index is 5.69. The van der Waals surface area contributed by atoms with E-state index in [1.807, 2.05) is 0 Å². The first-order valence-corrected chi connectivity index (χ1v) is 5.67. The molecule has 0 aliphatic heterocycles. The van der Waals surface area contributed by atoms with Crippen molar-refractivity contribution >= 4 is 11.6 Å². The molecule has 1 unspecified atom stereocenters. The van der Waals surface area contributed by atoms with Crippen molar-refractivity contribution in [2.45, 2.75) is 18.9 Å². The molecule has 0 saturated heterocycles. The molecule has 0 heterocycles. The van der Waals surface area contributed by atoms with Crippen LogP contribution in [0.25, 0.3) is 0 Å². The van der Waals surface area contributed by atoms with Crippen molar-refractivity contribution < 1.29 is 4.74 Å². The van der Waals surface area contributed by atoms with Gasteiger partial charge in [0.25, 0.3) is 0 Å². The Bertz CT molecular complexity index is 117. The molecule has 0 aliphatic rings. The molecule has 0 fully saturated rings. The van der Waals surface area contributed by atoms with Gasteiger partial charge < -0.3 is 15.0 Å². The van der Waals surface area contributed by atoms with E-state index in [0.29, 0.717) is 11.9 Å². The topological polar surface area (TPSA) is 24.5 Å². The van der Waals surface area contributed by atoms with Crippen LogP contribution in [-0.2, 0) is 4.74 Å². The lowest BCUT2D eigenvalue weighted by molar-refractivity contribution is 0.164. The maximum absolute atomic E-state index is 5.69. The molecule has 1 atom stereocenters. The Kier molecular flexibility index (Phi) is 9.83. The molecule has 1 N–H and O–H groups in total. The van der Waals surface area contributed by atoms with Gasteiger partial charge in [-0.05, 0) is 40.0 Å². The average molecular weight is 223 g/mol. The zero-order valence-electron chi connectivity index (χ0n) is 9.55. The van der Waals surface area contributed by atoms with Gasteiger partial charge in [-0.1, -0.05) is 0 Å². The van der Waals surface area contributed by atoms with Gasteiger partial charge in [-0.25, -0.2) is 0 Å². The monoisotopic (exact) mass is 222 g/mol. The first-order chi connectivity index (χ1) is 6.70. The SMILES string of the molecule is COCC(CCCl)NCCCN(C)C. The molecule has 0 aliphatic carbocycles. The molecule has 0 spiro atoms. The molecular weight excluding hydrogens is 200 g/mol. The number of nitrogens with zero attached hydrogens (tertiary/aromatic N) is 1. The predicted molar refractivity (Wildman–Crippen MR) is 62.2 cm³/mol. The number of hydrogen-bond donors (Lipinski definition) is 1. The molecular formula is C10H23ClN2O. The van der Waals surface area contributed by atoms with E-state index in [0.717, 1.165) is 32.5 Å². The standard InChI is InChI=1S/C10H23ClN2O/c1-13(2)8-4-7-12-10(5-6-11)9-14-3/h10,12H,4-9H2,1-3H3. The Hall–Kier alpha value is 0.170. The predicted octanol–water partition coefficient (Wildman–Crippen LogP) is 1.17.